The molecule has 40 heavy (non-hydrogen) atoms. The molecule has 1 aromatic rings. The number of unbranched alkanes of at least 4 members (excludes halogenated alkanes) is 14. The normalized spacial score (nSPS) is 11.0. The zero-order chi connectivity index (χ0) is 28.8. The zero-order valence-corrected chi connectivity index (χ0v) is 25.2. The highest BCUT2D eigenvalue weighted by Crippen LogP contribution is 2.13. The summed E-state index contributed by atoms with van der Waals surface area (Å²) in [5, 5.41) is 0. The molecule has 0 spiro atoms. The Bertz CT molecular complexity index is 695. The molecule has 0 N–H and O–H groups in total. The summed E-state index contributed by atoms with van der Waals surface area (Å²) in [6, 6.07) is 8.87. The summed E-state index contributed by atoms with van der Waals surface area (Å²) >= 11 is 0. The number of benzene rings is 1. The zero-order valence-electron chi connectivity index (χ0n) is 25.2. The van der Waals surface area contributed by atoms with E-state index in [1.54, 1.807) is 24.3 Å². The molecule has 0 aliphatic carbocycles. The largest absolute Gasteiger partial charge is 0.463 e. The van der Waals surface area contributed by atoms with Crippen molar-refractivity contribution in [2.75, 3.05) is 52.9 Å². The molecule has 0 amide bonds. The van der Waals surface area contributed by atoms with E-state index in [-0.39, 0.29) is 25.2 Å². The lowest BCUT2D eigenvalue weighted by Gasteiger charge is -2.08. The first-order chi connectivity index (χ1) is 19.7. The van der Waals surface area contributed by atoms with Crippen molar-refractivity contribution in [3.05, 3.63) is 35.9 Å². The van der Waals surface area contributed by atoms with Crippen LogP contribution in [0, 0.1) is 0 Å². The Kier molecular flexibility index (Phi) is 25.8. The second-order valence-electron chi connectivity index (χ2n) is 10.3. The maximum absolute atomic E-state index is 11.8. The topological polar surface area (TPSA) is 80.3 Å². The van der Waals surface area contributed by atoms with Gasteiger partial charge in [-0.25, -0.2) is 4.79 Å². The summed E-state index contributed by atoms with van der Waals surface area (Å²) in [5.74, 6) is -0.491. The Hall–Kier alpha value is -1.96. The van der Waals surface area contributed by atoms with Gasteiger partial charge in [0, 0.05) is 6.42 Å². The number of rotatable bonds is 29. The molecule has 0 saturated heterocycles. The highest BCUT2D eigenvalue weighted by Gasteiger charge is 2.05. The third-order valence-corrected chi connectivity index (χ3v) is 6.69. The third kappa shape index (κ3) is 23.9. The van der Waals surface area contributed by atoms with Gasteiger partial charge < -0.3 is 23.7 Å². The SMILES string of the molecule is CCCCCCCCCCCCCCCCCC(=O)OCCOCCOCCOCCOC(=O)c1ccccc1. The van der Waals surface area contributed by atoms with Crippen LogP contribution < -0.4 is 0 Å². The molecule has 1 aromatic carbocycles. The van der Waals surface area contributed by atoms with Gasteiger partial charge in [0.25, 0.3) is 0 Å². The predicted octanol–water partition coefficient (Wildman–Crippen LogP) is 7.70. The van der Waals surface area contributed by atoms with Crippen LogP contribution in [-0.4, -0.2) is 64.8 Å². The van der Waals surface area contributed by atoms with Crippen LogP contribution in [-0.2, 0) is 28.5 Å². The highest BCUT2D eigenvalue weighted by molar-refractivity contribution is 5.89. The highest BCUT2D eigenvalue weighted by atomic mass is 16.6. The molecular formula is C33H56O7. The predicted molar refractivity (Wildman–Crippen MR) is 160 cm³/mol. The summed E-state index contributed by atoms with van der Waals surface area (Å²) in [6.45, 7) is 5.18. The molecule has 0 aromatic heterocycles. The van der Waals surface area contributed by atoms with Crippen LogP contribution >= 0.6 is 0 Å². The summed E-state index contributed by atoms with van der Waals surface area (Å²) in [5.41, 5.74) is 0.529. The quantitative estimate of drug-likeness (QED) is 0.0728. The number of ether oxygens (including phenoxy) is 5. The first kappa shape index (κ1) is 36.1. The van der Waals surface area contributed by atoms with Crippen molar-refractivity contribution in [1.82, 2.24) is 0 Å². The number of esters is 2. The van der Waals surface area contributed by atoms with Crippen LogP contribution in [0.5, 0.6) is 0 Å². The van der Waals surface area contributed by atoms with Gasteiger partial charge in [0.2, 0.25) is 0 Å². The van der Waals surface area contributed by atoms with Crippen molar-refractivity contribution in [2.45, 2.75) is 110 Å². The van der Waals surface area contributed by atoms with E-state index in [9.17, 15) is 9.59 Å². The van der Waals surface area contributed by atoms with Gasteiger partial charge in [-0.1, -0.05) is 115 Å². The van der Waals surface area contributed by atoms with Crippen molar-refractivity contribution in [3.63, 3.8) is 0 Å². The van der Waals surface area contributed by atoms with Gasteiger partial charge >= 0.3 is 11.9 Å². The molecular weight excluding hydrogens is 508 g/mol. The molecule has 0 saturated carbocycles. The number of hydrogen-bond acceptors (Lipinski definition) is 7. The Labute approximate surface area is 243 Å². The van der Waals surface area contributed by atoms with E-state index < -0.39 is 0 Å². The van der Waals surface area contributed by atoms with Crippen LogP contribution in [0.15, 0.2) is 30.3 Å². The number of carbonyl (C=O) groups is 2. The Morgan fingerprint density at radius 1 is 0.500 bits per heavy atom. The van der Waals surface area contributed by atoms with E-state index in [1.807, 2.05) is 6.07 Å². The third-order valence-electron chi connectivity index (χ3n) is 6.69. The van der Waals surface area contributed by atoms with E-state index in [1.165, 1.54) is 83.5 Å². The van der Waals surface area contributed by atoms with Gasteiger partial charge in [-0.15, -0.1) is 0 Å². The van der Waals surface area contributed by atoms with E-state index in [0.717, 1.165) is 12.8 Å². The second-order valence-corrected chi connectivity index (χ2v) is 10.3. The smallest absolute Gasteiger partial charge is 0.338 e. The molecule has 0 aliphatic heterocycles. The molecule has 0 aliphatic rings. The molecule has 7 heteroatoms. The fourth-order valence-corrected chi connectivity index (χ4v) is 4.32. The molecule has 7 nitrogen and oxygen atoms in total. The van der Waals surface area contributed by atoms with Gasteiger partial charge in [-0.05, 0) is 18.6 Å². The minimum Gasteiger partial charge on any atom is -0.463 e. The van der Waals surface area contributed by atoms with Gasteiger partial charge in [0.05, 0.1) is 45.2 Å². The molecule has 1 rings (SSSR count). The van der Waals surface area contributed by atoms with Crippen molar-refractivity contribution in [1.29, 1.82) is 0 Å². The average Bonchev–Trinajstić information content (AvgIpc) is 2.97. The second kappa shape index (κ2) is 28.6. The fourth-order valence-electron chi connectivity index (χ4n) is 4.32. The summed E-state index contributed by atoms with van der Waals surface area (Å²) in [4.78, 5) is 23.6. The van der Waals surface area contributed by atoms with E-state index in [2.05, 4.69) is 6.92 Å². The van der Waals surface area contributed by atoms with Crippen LogP contribution in [0.1, 0.15) is 120 Å². The maximum Gasteiger partial charge on any atom is 0.338 e. The van der Waals surface area contributed by atoms with Gasteiger partial charge in [0.15, 0.2) is 0 Å². The van der Waals surface area contributed by atoms with Crippen molar-refractivity contribution >= 4 is 11.9 Å². The molecule has 0 fully saturated rings. The van der Waals surface area contributed by atoms with Gasteiger partial charge in [-0.2, -0.15) is 0 Å². The molecule has 0 unspecified atom stereocenters. The van der Waals surface area contributed by atoms with Gasteiger partial charge in [0.1, 0.15) is 13.2 Å². The van der Waals surface area contributed by atoms with Crippen molar-refractivity contribution in [3.8, 4) is 0 Å². The summed E-state index contributed by atoms with van der Waals surface area (Å²) in [7, 11) is 0. The monoisotopic (exact) mass is 564 g/mol. The molecule has 0 atom stereocenters. The van der Waals surface area contributed by atoms with Gasteiger partial charge in [-0.3, -0.25) is 4.79 Å². The van der Waals surface area contributed by atoms with Crippen molar-refractivity contribution in [2.24, 2.45) is 0 Å². The molecule has 0 bridgehead atoms. The Morgan fingerprint density at radius 3 is 1.38 bits per heavy atom. The standard InChI is InChI=1S/C33H56O7/c1-2-3-4-5-6-7-8-9-10-11-12-13-14-15-19-22-32(34)39-29-27-37-25-23-36-24-26-38-28-30-40-33(35)31-20-17-16-18-21-31/h16-18,20-21H,2-15,19,22-30H2,1H3. The summed E-state index contributed by atoms with van der Waals surface area (Å²) < 4.78 is 26.6. The molecule has 0 radical (unpaired) electrons. The fraction of sp³-hybridized carbons (Fsp3) is 0.758. The molecule has 0 heterocycles. The van der Waals surface area contributed by atoms with E-state index in [0.29, 0.717) is 51.6 Å². The lowest BCUT2D eigenvalue weighted by molar-refractivity contribution is -0.145. The van der Waals surface area contributed by atoms with E-state index in [4.69, 9.17) is 23.7 Å². The molecule has 230 valence electrons. The van der Waals surface area contributed by atoms with E-state index >= 15 is 0 Å². The van der Waals surface area contributed by atoms with Crippen LogP contribution in [0.2, 0.25) is 0 Å². The van der Waals surface area contributed by atoms with Crippen LogP contribution in [0.25, 0.3) is 0 Å². The number of hydrogen-bond donors (Lipinski definition) is 0. The van der Waals surface area contributed by atoms with Crippen LogP contribution in [0.3, 0.4) is 0 Å². The first-order valence-electron chi connectivity index (χ1n) is 15.8. The summed E-state index contributed by atoms with van der Waals surface area (Å²) in [6.07, 6.45) is 20.2. The Balaban J connectivity index is 1.72. The van der Waals surface area contributed by atoms with Crippen LogP contribution in [0.4, 0.5) is 0 Å². The average molecular weight is 565 g/mol. The van der Waals surface area contributed by atoms with Crippen molar-refractivity contribution < 1.29 is 33.3 Å². The number of carbonyl (C=O) groups excluding carboxylic acids is 2. The minimum absolute atomic E-state index is 0.138. The lowest BCUT2D eigenvalue weighted by atomic mass is 10.0. The Morgan fingerprint density at radius 2 is 0.900 bits per heavy atom. The first-order valence-corrected chi connectivity index (χ1v) is 15.8. The minimum atomic E-state index is -0.353. The lowest BCUT2D eigenvalue weighted by Crippen LogP contribution is -2.15. The maximum atomic E-state index is 11.8.